The molecule has 0 heterocycles. The van der Waals surface area contributed by atoms with E-state index in [0.29, 0.717) is 24.7 Å². The van der Waals surface area contributed by atoms with E-state index in [4.69, 9.17) is 14.2 Å². The molecule has 0 atom stereocenters. The van der Waals surface area contributed by atoms with Gasteiger partial charge in [0.15, 0.2) is 11.5 Å². The monoisotopic (exact) mass is 477 g/mol. The molecule has 0 fully saturated rings. The van der Waals surface area contributed by atoms with Gasteiger partial charge >= 0.3 is 0 Å². The van der Waals surface area contributed by atoms with Crippen LogP contribution in [0.4, 0.5) is 5.69 Å². The Bertz CT molecular complexity index is 1170. The molecule has 0 saturated heterocycles. The molecule has 0 saturated carbocycles. The zero-order chi connectivity index (χ0) is 21.6. The molecule has 0 amide bonds. The van der Waals surface area contributed by atoms with Crippen molar-refractivity contribution in [3.8, 4) is 17.2 Å². The predicted molar refractivity (Wildman–Crippen MR) is 129 cm³/mol. The molecular weight excluding hydrogens is 454 g/mol. The van der Waals surface area contributed by atoms with Gasteiger partial charge < -0.3 is 19.5 Å². The molecule has 4 nitrogen and oxygen atoms in total. The second-order valence-corrected chi connectivity index (χ2v) is 7.97. The van der Waals surface area contributed by atoms with Gasteiger partial charge in [0, 0.05) is 12.2 Å². The standard InChI is InChI=1S/C26H24BrNO3/c1-29-22-12-10-21(11-13-22)28-16-18-14-24(27)26(25(15-18)30-2)31-17-20-8-5-7-19-6-3-4-9-23(19)20/h3-15,28H,16-17H2,1-2H3. The number of halogens is 1. The molecule has 0 unspecified atom stereocenters. The molecule has 31 heavy (non-hydrogen) atoms. The van der Waals surface area contributed by atoms with Crippen LogP contribution in [0.1, 0.15) is 11.1 Å². The van der Waals surface area contributed by atoms with Crippen LogP contribution in [-0.4, -0.2) is 14.2 Å². The number of methoxy groups -OCH3 is 2. The summed E-state index contributed by atoms with van der Waals surface area (Å²) in [5, 5.41) is 5.81. The molecule has 0 aliphatic rings. The quantitative estimate of drug-likeness (QED) is 0.302. The maximum Gasteiger partial charge on any atom is 0.175 e. The van der Waals surface area contributed by atoms with Gasteiger partial charge in [-0.05, 0) is 74.2 Å². The number of benzene rings is 4. The van der Waals surface area contributed by atoms with Crippen molar-refractivity contribution in [3.05, 3.63) is 94.5 Å². The molecule has 0 aliphatic heterocycles. The third-order valence-corrected chi connectivity index (χ3v) is 5.72. The highest BCUT2D eigenvalue weighted by molar-refractivity contribution is 9.10. The van der Waals surface area contributed by atoms with E-state index in [1.807, 2.05) is 42.5 Å². The van der Waals surface area contributed by atoms with Gasteiger partial charge in [0.1, 0.15) is 12.4 Å². The number of anilines is 1. The number of nitrogens with one attached hydrogen (secondary N) is 1. The lowest BCUT2D eigenvalue weighted by Gasteiger charge is -2.16. The highest BCUT2D eigenvalue weighted by Gasteiger charge is 2.13. The Kier molecular flexibility index (Phi) is 6.63. The van der Waals surface area contributed by atoms with Crippen molar-refractivity contribution >= 4 is 32.4 Å². The molecule has 158 valence electrons. The number of hydrogen-bond donors (Lipinski definition) is 1. The Morgan fingerprint density at radius 3 is 2.39 bits per heavy atom. The Morgan fingerprint density at radius 2 is 1.61 bits per heavy atom. The number of rotatable bonds is 8. The summed E-state index contributed by atoms with van der Waals surface area (Å²) in [4.78, 5) is 0. The van der Waals surface area contributed by atoms with Gasteiger partial charge in [0.25, 0.3) is 0 Å². The minimum absolute atomic E-state index is 0.458. The first-order chi connectivity index (χ1) is 15.2. The molecule has 4 aromatic rings. The summed E-state index contributed by atoms with van der Waals surface area (Å²) >= 11 is 3.66. The van der Waals surface area contributed by atoms with E-state index in [9.17, 15) is 0 Å². The summed E-state index contributed by atoms with van der Waals surface area (Å²) in [6.07, 6.45) is 0. The van der Waals surface area contributed by atoms with Crippen LogP contribution in [-0.2, 0) is 13.2 Å². The Morgan fingerprint density at radius 1 is 0.839 bits per heavy atom. The minimum atomic E-state index is 0.458. The van der Waals surface area contributed by atoms with E-state index in [-0.39, 0.29) is 0 Å². The topological polar surface area (TPSA) is 39.7 Å². The van der Waals surface area contributed by atoms with Crippen molar-refractivity contribution in [2.24, 2.45) is 0 Å². The summed E-state index contributed by atoms with van der Waals surface area (Å²) in [5.41, 5.74) is 3.24. The fraction of sp³-hybridized carbons (Fsp3) is 0.154. The molecule has 4 rings (SSSR count). The molecular formula is C26H24BrNO3. The summed E-state index contributed by atoms with van der Waals surface area (Å²) in [7, 11) is 3.32. The zero-order valence-corrected chi connectivity index (χ0v) is 19.1. The zero-order valence-electron chi connectivity index (χ0n) is 17.5. The van der Waals surface area contributed by atoms with Gasteiger partial charge in [0.2, 0.25) is 0 Å². The van der Waals surface area contributed by atoms with Crippen LogP contribution in [0.25, 0.3) is 10.8 Å². The lowest BCUT2D eigenvalue weighted by molar-refractivity contribution is 0.283. The van der Waals surface area contributed by atoms with E-state index in [2.05, 4.69) is 57.6 Å². The van der Waals surface area contributed by atoms with Crippen molar-refractivity contribution in [3.63, 3.8) is 0 Å². The predicted octanol–water partition coefficient (Wildman–Crippen LogP) is 6.81. The lowest BCUT2D eigenvalue weighted by Crippen LogP contribution is -2.03. The smallest absolute Gasteiger partial charge is 0.175 e. The third-order valence-electron chi connectivity index (χ3n) is 5.13. The summed E-state index contributed by atoms with van der Waals surface area (Å²) < 4.78 is 17.9. The molecule has 0 aliphatic carbocycles. The first-order valence-electron chi connectivity index (χ1n) is 10.0. The maximum absolute atomic E-state index is 6.19. The van der Waals surface area contributed by atoms with Gasteiger partial charge in [-0.1, -0.05) is 42.5 Å². The van der Waals surface area contributed by atoms with E-state index in [1.165, 1.54) is 10.8 Å². The highest BCUT2D eigenvalue weighted by atomic mass is 79.9. The number of fused-ring (bicyclic) bond motifs is 1. The first kappa shape index (κ1) is 21.1. The van der Waals surface area contributed by atoms with Crippen LogP contribution in [0.15, 0.2) is 83.3 Å². The Labute approximate surface area is 190 Å². The van der Waals surface area contributed by atoms with Gasteiger partial charge in [-0.25, -0.2) is 0 Å². The Hall–Kier alpha value is -3.18. The second kappa shape index (κ2) is 9.75. The Balaban J connectivity index is 1.49. The van der Waals surface area contributed by atoms with Crippen LogP contribution in [0.5, 0.6) is 17.2 Å². The normalized spacial score (nSPS) is 10.7. The van der Waals surface area contributed by atoms with Crippen molar-refractivity contribution in [1.29, 1.82) is 0 Å². The fourth-order valence-electron chi connectivity index (χ4n) is 3.50. The van der Waals surface area contributed by atoms with Gasteiger partial charge in [-0.15, -0.1) is 0 Å². The van der Waals surface area contributed by atoms with E-state index < -0.39 is 0 Å². The van der Waals surface area contributed by atoms with Gasteiger partial charge in [-0.3, -0.25) is 0 Å². The molecule has 4 aromatic carbocycles. The van der Waals surface area contributed by atoms with Crippen LogP contribution < -0.4 is 19.5 Å². The first-order valence-corrected chi connectivity index (χ1v) is 10.8. The largest absolute Gasteiger partial charge is 0.497 e. The maximum atomic E-state index is 6.19. The van der Waals surface area contributed by atoms with Gasteiger partial charge in [-0.2, -0.15) is 0 Å². The SMILES string of the molecule is COc1ccc(NCc2cc(Br)c(OCc3cccc4ccccc34)c(OC)c2)cc1. The second-order valence-electron chi connectivity index (χ2n) is 7.12. The van der Waals surface area contributed by atoms with E-state index in [1.54, 1.807) is 14.2 Å². The van der Waals surface area contributed by atoms with Crippen molar-refractivity contribution in [2.75, 3.05) is 19.5 Å². The lowest BCUT2D eigenvalue weighted by atomic mass is 10.1. The number of hydrogen-bond acceptors (Lipinski definition) is 4. The summed E-state index contributed by atoms with van der Waals surface area (Å²) in [5.74, 6) is 2.23. The third kappa shape index (κ3) is 4.94. The van der Waals surface area contributed by atoms with Crippen LogP contribution in [0, 0.1) is 0 Å². The molecule has 5 heteroatoms. The molecule has 0 bridgehead atoms. The van der Waals surface area contributed by atoms with E-state index >= 15 is 0 Å². The minimum Gasteiger partial charge on any atom is -0.497 e. The van der Waals surface area contributed by atoms with Crippen molar-refractivity contribution in [2.45, 2.75) is 13.2 Å². The van der Waals surface area contributed by atoms with Crippen LogP contribution >= 0.6 is 15.9 Å². The molecule has 0 aromatic heterocycles. The van der Waals surface area contributed by atoms with Gasteiger partial charge in [0.05, 0.1) is 18.7 Å². The highest BCUT2D eigenvalue weighted by Crippen LogP contribution is 2.37. The molecule has 0 spiro atoms. The van der Waals surface area contributed by atoms with E-state index in [0.717, 1.165) is 27.0 Å². The molecule has 1 N–H and O–H groups in total. The molecule has 0 radical (unpaired) electrons. The van der Waals surface area contributed by atoms with Crippen molar-refractivity contribution in [1.82, 2.24) is 0 Å². The average Bonchev–Trinajstić information content (AvgIpc) is 2.82. The summed E-state index contributed by atoms with van der Waals surface area (Å²) in [6.45, 7) is 1.12. The van der Waals surface area contributed by atoms with Crippen LogP contribution in [0.3, 0.4) is 0 Å². The van der Waals surface area contributed by atoms with Crippen LogP contribution in [0.2, 0.25) is 0 Å². The van der Waals surface area contributed by atoms with Crippen molar-refractivity contribution < 1.29 is 14.2 Å². The summed E-state index contributed by atoms with van der Waals surface area (Å²) in [6, 6.07) is 26.5. The number of ether oxygens (including phenoxy) is 3. The average molecular weight is 478 g/mol. The fourth-order valence-corrected chi connectivity index (χ4v) is 4.10.